The van der Waals surface area contributed by atoms with Crippen molar-refractivity contribution in [3.05, 3.63) is 215 Å². The minimum absolute atomic E-state index is 0.266. The Kier molecular flexibility index (Phi) is 11.3. The molecule has 10 rings (SSSR count). The van der Waals surface area contributed by atoms with Crippen molar-refractivity contribution in [2.45, 2.75) is 83.1 Å². The highest BCUT2D eigenvalue weighted by atomic mass is 15.1. The molecule has 1 unspecified atom stereocenters. The van der Waals surface area contributed by atoms with Gasteiger partial charge in [-0.3, -0.25) is 4.99 Å². The Morgan fingerprint density at radius 3 is 2.47 bits per heavy atom. The van der Waals surface area contributed by atoms with Crippen LogP contribution in [0.1, 0.15) is 98.1 Å². The molecule has 1 aromatic heterocycles. The minimum atomic E-state index is 0.266. The Morgan fingerprint density at radius 1 is 0.774 bits per heavy atom. The number of hydrogen-bond acceptors (Lipinski definition) is 3. The normalized spacial score (nSPS) is 21.1. The van der Waals surface area contributed by atoms with E-state index in [0.29, 0.717) is 6.54 Å². The number of anilines is 1. The van der Waals surface area contributed by atoms with Crippen LogP contribution in [0.3, 0.4) is 0 Å². The Labute approximate surface area is 367 Å². The molecule has 4 nitrogen and oxygen atoms in total. The SMILES string of the molecule is C=C1/C=C\C=C/N(C2=CCC(c3cccc4c5c(n(C6=CCCC=C6)c34)C=CCC5)C=C2)c2cccc(-c3cccc(CN=C(/C=C(\N)C4=CCCC=C4)C4=CCCCC4)c3)c21. The minimum Gasteiger partial charge on any atom is -0.398 e. The van der Waals surface area contributed by atoms with Crippen molar-refractivity contribution in [1.82, 2.24) is 4.57 Å². The van der Waals surface area contributed by atoms with Crippen molar-refractivity contribution in [3.63, 3.8) is 0 Å². The number of aryl methyl sites for hydroxylation is 1. The number of rotatable bonds is 9. The highest BCUT2D eigenvalue weighted by molar-refractivity contribution is 6.09. The second kappa shape index (κ2) is 17.8. The average Bonchev–Trinajstić information content (AvgIpc) is 3.68. The van der Waals surface area contributed by atoms with Crippen LogP contribution in [-0.2, 0) is 13.0 Å². The van der Waals surface area contributed by atoms with Crippen LogP contribution in [0.5, 0.6) is 0 Å². The van der Waals surface area contributed by atoms with E-state index in [4.69, 9.17) is 10.7 Å². The Balaban J connectivity index is 0.960. The van der Waals surface area contributed by atoms with Gasteiger partial charge in [-0.15, -0.1) is 0 Å². The van der Waals surface area contributed by atoms with Crippen molar-refractivity contribution in [3.8, 4) is 11.1 Å². The summed E-state index contributed by atoms with van der Waals surface area (Å²) in [6, 6.07) is 22.5. The zero-order valence-electron chi connectivity index (χ0n) is 35.8. The van der Waals surface area contributed by atoms with Gasteiger partial charge in [0.05, 0.1) is 23.5 Å². The summed E-state index contributed by atoms with van der Waals surface area (Å²) in [4.78, 5) is 7.59. The molecule has 0 amide bonds. The topological polar surface area (TPSA) is 46.5 Å². The van der Waals surface area contributed by atoms with E-state index in [-0.39, 0.29) is 5.92 Å². The predicted octanol–water partition coefficient (Wildman–Crippen LogP) is 14.5. The molecule has 0 saturated heterocycles. The van der Waals surface area contributed by atoms with Crippen LogP contribution in [-0.4, -0.2) is 10.3 Å². The maximum atomic E-state index is 6.69. The largest absolute Gasteiger partial charge is 0.398 e. The van der Waals surface area contributed by atoms with Crippen LogP contribution in [0, 0.1) is 0 Å². The molecule has 4 aromatic rings. The molecule has 5 aliphatic carbocycles. The summed E-state index contributed by atoms with van der Waals surface area (Å²) in [5, 5.41) is 1.40. The standard InChI is InChI=1S/C58H56N4/c1-41-18-13-14-37-61(47-35-33-43(34-36-47)50-29-16-30-52-51-27-11-12-31-55(51)62(58(50)52)48-25-9-4-10-26-48)56-32-17-28-49(57(41)56)46-24-15-19-42(38-46)40-60-54(45-22-7-3-8-23-45)39-53(59)44-20-5-2-6-21-44/h5,9,12-22,24-26,28-33,35-39,43H,1-4,6-8,10-11,23,27,34,40,59H2/b18-13-,37-14-,53-39-,60-54?. The zero-order valence-corrected chi connectivity index (χ0v) is 35.8. The van der Waals surface area contributed by atoms with Crippen molar-refractivity contribution in [2.24, 2.45) is 10.7 Å². The lowest BCUT2D eigenvalue weighted by Crippen LogP contribution is -2.18. The lowest BCUT2D eigenvalue weighted by atomic mass is 9.88. The maximum absolute atomic E-state index is 6.69. The number of fused-ring (bicyclic) bond motifs is 4. The molecular formula is C58H56N4. The lowest BCUT2D eigenvalue weighted by Gasteiger charge is -2.30. The van der Waals surface area contributed by atoms with E-state index in [1.807, 2.05) is 0 Å². The first-order chi connectivity index (χ1) is 30.6. The van der Waals surface area contributed by atoms with Gasteiger partial charge in [0.15, 0.2) is 0 Å². The van der Waals surface area contributed by atoms with Crippen LogP contribution in [0.25, 0.3) is 39.4 Å². The molecule has 6 aliphatic rings. The summed E-state index contributed by atoms with van der Waals surface area (Å²) >= 11 is 0. The maximum Gasteiger partial charge on any atom is 0.0647 e. The fraction of sp³-hybridized carbons (Fsp3) is 0.224. The van der Waals surface area contributed by atoms with Gasteiger partial charge in [0.1, 0.15) is 0 Å². The molecule has 2 heterocycles. The number of para-hydroxylation sites is 1. The third-order valence-electron chi connectivity index (χ3n) is 13.2. The molecular weight excluding hydrogens is 753 g/mol. The molecule has 0 bridgehead atoms. The highest BCUT2D eigenvalue weighted by Crippen LogP contribution is 2.43. The van der Waals surface area contributed by atoms with E-state index < -0.39 is 0 Å². The van der Waals surface area contributed by atoms with Crippen molar-refractivity contribution >= 4 is 39.6 Å². The highest BCUT2D eigenvalue weighted by Gasteiger charge is 2.26. The summed E-state index contributed by atoms with van der Waals surface area (Å²) in [7, 11) is 0. The molecule has 3 aromatic carbocycles. The van der Waals surface area contributed by atoms with Gasteiger partial charge in [-0.1, -0.05) is 122 Å². The summed E-state index contributed by atoms with van der Waals surface area (Å²) in [6.45, 7) is 5.20. The molecule has 2 N–H and O–H groups in total. The molecule has 62 heavy (non-hydrogen) atoms. The first kappa shape index (κ1) is 39.5. The van der Waals surface area contributed by atoms with Crippen molar-refractivity contribution in [2.75, 3.05) is 4.90 Å². The van der Waals surface area contributed by atoms with Crippen LogP contribution < -0.4 is 10.6 Å². The monoisotopic (exact) mass is 808 g/mol. The Hall–Kier alpha value is -6.65. The van der Waals surface area contributed by atoms with Gasteiger partial charge in [0.2, 0.25) is 0 Å². The van der Waals surface area contributed by atoms with Gasteiger partial charge >= 0.3 is 0 Å². The summed E-state index contributed by atoms with van der Waals surface area (Å²) in [6.07, 6.45) is 50.5. The third-order valence-corrected chi connectivity index (χ3v) is 13.2. The van der Waals surface area contributed by atoms with E-state index in [9.17, 15) is 0 Å². The Bertz CT molecular complexity index is 2830. The van der Waals surface area contributed by atoms with E-state index in [0.717, 1.165) is 103 Å². The number of aromatic nitrogens is 1. The predicted molar refractivity (Wildman–Crippen MR) is 265 cm³/mol. The third kappa shape index (κ3) is 7.86. The van der Waals surface area contributed by atoms with Gasteiger partial charge in [-0.25, -0.2) is 0 Å². The van der Waals surface area contributed by atoms with E-state index >= 15 is 0 Å². The smallest absolute Gasteiger partial charge is 0.0647 e. The molecule has 1 aliphatic heterocycles. The van der Waals surface area contributed by atoms with Crippen molar-refractivity contribution in [1.29, 1.82) is 0 Å². The second-order valence-electron chi connectivity index (χ2n) is 17.2. The second-order valence-corrected chi connectivity index (χ2v) is 17.2. The number of aliphatic imine (C=N–C) groups is 1. The summed E-state index contributed by atoms with van der Waals surface area (Å²) in [5.74, 6) is 0.266. The first-order valence-electron chi connectivity index (χ1n) is 22.8. The van der Waals surface area contributed by atoms with Crippen LogP contribution >= 0.6 is 0 Å². The molecule has 0 radical (unpaired) electrons. The van der Waals surface area contributed by atoms with Crippen LogP contribution in [0.2, 0.25) is 0 Å². The van der Waals surface area contributed by atoms with Gasteiger partial charge < -0.3 is 15.2 Å². The number of hydrogen-bond donors (Lipinski definition) is 1. The summed E-state index contributed by atoms with van der Waals surface area (Å²) < 4.78 is 2.55. The molecule has 0 spiro atoms. The van der Waals surface area contributed by atoms with Crippen LogP contribution in [0.4, 0.5) is 5.69 Å². The summed E-state index contributed by atoms with van der Waals surface area (Å²) in [5.41, 5.74) is 25.7. The van der Waals surface area contributed by atoms with Crippen LogP contribution in [0.15, 0.2) is 192 Å². The number of allylic oxidation sites excluding steroid dienone is 18. The number of nitrogens with two attached hydrogens (primary N) is 1. The molecule has 4 heteroatoms. The van der Waals surface area contributed by atoms with Gasteiger partial charge in [-0.2, -0.15) is 0 Å². The van der Waals surface area contributed by atoms with E-state index in [1.165, 1.54) is 63.1 Å². The number of nitrogens with zero attached hydrogens (tertiary/aromatic N) is 3. The van der Waals surface area contributed by atoms with Gasteiger partial charge in [-0.05, 0) is 158 Å². The quantitative estimate of drug-likeness (QED) is 0.171. The fourth-order valence-electron chi connectivity index (χ4n) is 10.1. The molecule has 1 atom stereocenters. The van der Waals surface area contributed by atoms with E-state index in [1.54, 1.807) is 0 Å². The van der Waals surface area contributed by atoms with E-state index in [2.05, 4.69) is 180 Å². The molecule has 308 valence electrons. The average molecular weight is 809 g/mol. The van der Waals surface area contributed by atoms with Crippen molar-refractivity contribution < 1.29 is 0 Å². The lowest BCUT2D eigenvalue weighted by molar-refractivity contribution is 0.717. The number of benzene rings is 3. The first-order valence-corrected chi connectivity index (χ1v) is 22.8. The Morgan fingerprint density at radius 2 is 1.65 bits per heavy atom. The fourth-order valence-corrected chi connectivity index (χ4v) is 10.1. The molecule has 0 fully saturated rings. The molecule has 0 saturated carbocycles. The van der Waals surface area contributed by atoms with Gasteiger partial charge in [0, 0.05) is 45.9 Å². The zero-order chi connectivity index (χ0) is 41.8. The van der Waals surface area contributed by atoms with Gasteiger partial charge in [0.25, 0.3) is 0 Å².